The topological polar surface area (TPSA) is 61.5 Å². The van der Waals surface area contributed by atoms with Crippen LogP contribution in [0, 0.1) is 0 Å². The predicted molar refractivity (Wildman–Crippen MR) is 42.7 cm³/mol. The third-order valence-corrected chi connectivity index (χ3v) is 1.74. The second-order valence-electron chi connectivity index (χ2n) is 2.43. The van der Waals surface area contributed by atoms with Crippen molar-refractivity contribution in [3.8, 4) is 0 Å². The average Bonchev–Trinajstić information content (AvgIpc) is 2.17. The second-order valence-corrected chi connectivity index (χ2v) is 2.43. The van der Waals surface area contributed by atoms with Crippen molar-refractivity contribution in [1.82, 2.24) is 0 Å². The summed E-state index contributed by atoms with van der Waals surface area (Å²) >= 11 is 0. The summed E-state index contributed by atoms with van der Waals surface area (Å²) in [6.45, 7) is 0. The molecule has 66 valence electrons. The molecule has 4 nitrogen and oxygen atoms in total. The molecular weight excluding hydrogens is 158 g/mol. The van der Waals surface area contributed by atoms with Crippen LogP contribution in [0.15, 0.2) is 23.5 Å². The van der Waals surface area contributed by atoms with E-state index in [2.05, 4.69) is 4.84 Å². The van der Waals surface area contributed by atoms with Gasteiger partial charge in [0.1, 0.15) is 0 Å². The summed E-state index contributed by atoms with van der Waals surface area (Å²) in [4.78, 5) is 15.0. The Balaban J connectivity index is 2.66. The summed E-state index contributed by atoms with van der Waals surface area (Å²) in [6.07, 6.45) is 4.75. The van der Waals surface area contributed by atoms with Gasteiger partial charge in [0.05, 0.1) is 12.9 Å². The van der Waals surface area contributed by atoms with Crippen LogP contribution < -0.4 is 5.90 Å². The molecule has 1 aliphatic carbocycles. The normalized spacial score (nSPS) is 16.2. The molecule has 0 radical (unpaired) electrons. The molecule has 1 rings (SSSR count). The van der Waals surface area contributed by atoms with E-state index in [1.165, 1.54) is 0 Å². The van der Waals surface area contributed by atoms with Gasteiger partial charge in [-0.1, -0.05) is 0 Å². The molecule has 4 heteroatoms. The third kappa shape index (κ3) is 1.85. The zero-order valence-corrected chi connectivity index (χ0v) is 6.87. The smallest absolute Gasteiger partial charge is 0.352 e. The van der Waals surface area contributed by atoms with Crippen LogP contribution in [0.2, 0.25) is 0 Å². The largest absolute Gasteiger partial charge is 0.501 e. The van der Waals surface area contributed by atoms with E-state index in [0.717, 1.165) is 12.2 Å². The Bertz CT molecular complexity index is 243. The van der Waals surface area contributed by atoms with Gasteiger partial charge in [0.15, 0.2) is 0 Å². The van der Waals surface area contributed by atoms with Crippen molar-refractivity contribution in [3.05, 3.63) is 23.5 Å². The van der Waals surface area contributed by atoms with Crippen LogP contribution >= 0.6 is 0 Å². The van der Waals surface area contributed by atoms with Gasteiger partial charge in [0.2, 0.25) is 0 Å². The number of carbonyl (C=O) groups excluding carboxylic acids is 1. The number of hydrogen-bond donors (Lipinski definition) is 1. The van der Waals surface area contributed by atoms with E-state index in [1.807, 2.05) is 0 Å². The molecule has 0 saturated heterocycles. The molecule has 0 spiro atoms. The average molecular weight is 169 g/mol. The van der Waals surface area contributed by atoms with Crippen LogP contribution in [-0.2, 0) is 14.4 Å². The molecule has 0 aromatic heterocycles. The van der Waals surface area contributed by atoms with Crippen LogP contribution in [-0.4, -0.2) is 13.1 Å². The molecule has 0 aromatic carbocycles. The zero-order chi connectivity index (χ0) is 8.97. The van der Waals surface area contributed by atoms with Gasteiger partial charge in [-0.05, 0) is 18.6 Å². The van der Waals surface area contributed by atoms with Gasteiger partial charge < -0.3 is 9.57 Å². The Kier molecular flexibility index (Phi) is 2.88. The molecule has 2 N–H and O–H groups in total. The minimum absolute atomic E-state index is 0.471. The number of nitrogens with two attached hydrogens (primary N) is 1. The molecular formula is C8H11NO3. The third-order valence-electron chi connectivity index (χ3n) is 1.74. The van der Waals surface area contributed by atoms with E-state index < -0.39 is 5.97 Å². The van der Waals surface area contributed by atoms with Crippen LogP contribution in [0.5, 0.6) is 0 Å². The molecule has 0 heterocycles. The first kappa shape index (κ1) is 8.80. The van der Waals surface area contributed by atoms with Crippen molar-refractivity contribution in [3.63, 3.8) is 0 Å². The van der Waals surface area contributed by atoms with E-state index >= 15 is 0 Å². The Labute approximate surface area is 70.6 Å². The molecule has 0 amide bonds. The summed E-state index contributed by atoms with van der Waals surface area (Å²) in [5, 5.41) is 0. The van der Waals surface area contributed by atoms with Gasteiger partial charge in [-0.2, -0.15) is 5.90 Å². The monoisotopic (exact) mass is 169 g/mol. The Morgan fingerprint density at radius 3 is 2.67 bits per heavy atom. The molecule has 0 unspecified atom stereocenters. The van der Waals surface area contributed by atoms with E-state index in [9.17, 15) is 4.79 Å². The highest BCUT2D eigenvalue weighted by molar-refractivity contribution is 5.88. The summed E-state index contributed by atoms with van der Waals surface area (Å²) < 4.78 is 4.99. The van der Waals surface area contributed by atoms with Crippen LogP contribution in [0.1, 0.15) is 12.8 Å². The van der Waals surface area contributed by atoms with Gasteiger partial charge in [-0.3, -0.25) is 0 Å². The maximum Gasteiger partial charge on any atom is 0.352 e. The van der Waals surface area contributed by atoms with Crippen LogP contribution in [0.3, 0.4) is 0 Å². The number of rotatable bonds is 2. The number of allylic oxidation sites excluding steroid dienone is 3. The standard InChI is InChI=1S/C8H11NO3/c1-11-7-4-2-6(3-5-7)8(10)12-9/h2,4H,3,5,9H2,1H3. The summed E-state index contributed by atoms with van der Waals surface area (Å²) in [6, 6.07) is 0. The number of carbonyl (C=O) groups is 1. The van der Waals surface area contributed by atoms with Gasteiger partial charge in [-0.25, -0.2) is 4.79 Å². The molecule has 0 aromatic rings. The lowest BCUT2D eigenvalue weighted by Crippen LogP contribution is -2.14. The van der Waals surface area contributed by atoms with E-state index in [0.29, 0.717) is 12.0 Å². The first-order chi connectivity index (χ1) is 5.77. The predicted octanol–water partition coefficient (Wildman–Crippen LogP) is 0.654. The van der Waals surface area contributed by atoms with Crippen molar-refractivity contribution in [2.75, 3.05) is 7.11 Å². The fourth-order valence-corrected chi connectivity index (χ4v) is 1.03. The van der Waals surface area contributed by atoms with Gasteiger partial charge in [-0.15, -0.1) is 0 Å². The Morgan fingerprint density at radius 1 is 1.50 bits per heavy atom. The van der Waals surface area contributed by atoms with E-state index in [1.54, 1.807) is 19.3 Å². The van der Waals surface area contributed by atoms with Crippen molar-refractivity contribution >= 4 is 5.97 Å². The SMILES string of the molecule is COC1=CC=C(C(=O)ON)CC1. The highest BCUT2D eigenvalue weighted by Crippen LogP contribution is 2.18. The van der Waals surface area contributed by atoms with Gasteiger partial charge in [0.25, 0.3) is 0 Å². The summed E-state index contributed by atoms with van der Waals surface area (Å²) in [5.74, 6) is 5.12. The highest BCUT2D eigenvalue weighted by atomic mass is 16.7. The lowest BCUT2D eigenvalue weighted by atomic mass is 10.0. The summed E-state index contributed by atoms with van der Waals surface area (Å²) in [7, 11) is 1.60. The molecule has 0 fully saturated rings. The summed E-state index contributed by atoms with van der Waals surface area (Å²) in [5.41, 5.74) is 0.582. The van der Waals surface area contributed by atoms with Crippen LogP contribution in [0.4, 0.5) is 0 Å². The molecule has 0 bridgehead atoms. The maximum absolute atomic E-state index is 10.9. The fraction of sp³-hybridized carbons (Fsp3) is 0.375. The highest BCUT2D eigenvalue weighted by Gasteiger charge is 2.13. The fourth-order valence-electron chi connectivity index (χ4n) is 1.03. The van der Waals surface area contributed by atoms with Crippen molar-refractivity contribution in [2.24, 2.45) is 5.90 Å². The second kappa shape index (κ2) is 3.92. The van der Waals surface area contributed by atoms with Crippen LogP contribution in [0.25, 0.3) is 0 Å². The molecule has 1 aliphatic rings. The van der Waals surface area contributed by atoms with Crippen molar-refractivity contribution in [1.29, 1.82) is 0 Å². The van der Waals surface area contributed by atoms with E-state index in [4.69, 9.17) is 10.6 Å². The number of methoxy groups -OCH3 is 1. The quantitative estimate of drug-likeness (QED) is 0.616. The molecule has 0 atom stereocenters. The Hall–Kier alpha value is -1.29. The molecule has 0 saturated carbocycles. The lowest BCUT2D eigenvalue weighted by molar-refractivity contribution is -0.139. The first-order valence-electron chi connectivity index (χ1n) is 3.62. The van der Waals surface area contributed by atoms with E-state index in [-0.39, 0.29) is 0 Å². The lowest BCUT2D eigenvalue weighted by Gasteiger charge is -2.11. The first-order valence-corrected chi connectivity index (χ1v) is 3.62. The van der Waals surface area contributed by atoms with Crippen molar-refractivity contribution < 1.29 is 14.4 Å². The van der Waals surface area contributed by atoms with Gasteiger partial charge >= 0.3 is 5.97 Å². The number of ether oxygens (including phenoxy) is 1. The zero-order valence-electron chi connectivity index (χ0n) is 6.87. The number of hydrogen-bond acceptors (Lipinski definition) is 4. The molecule has 0 aliphatic heterocycles. The minimum Gasteiger partial charge on any atom is -0.501 e. The van der Waals surface area contributed by atoms with Gasteiger partial charge in [0, 0.05) is 12.0 Å². The Morgan fingerprint density at radius 2 is 2.25 bits per heavy atom. The molecule has 12 heavy (non-hydrogen) atoms. The maximum atomic E-state index is 10.9. The minimum atomic E-state index is -0.471. The van der Waals surface area contributed by atoms with Crippen molar-refractivity contribution in [2.45, 2.75) is 12.8 Å².